The molecule has 0 bridgehead atoms. The molecule has 1 heterocycles. The molecule has 0 aliphatic carbocycles. The second-order valence-electron chi connectivity index (χ2n) is 3.61. The van der Waals surface area contributed by atoms with Crippen LogP contribution in [0.1, 0.15) is 24.4 Å². The fraction of sp³-hybridized carbons (Fsp3) is 0.250. The third kappa shape index (κ3) is 2.08. The smallest absolute Gasteiger partial charge is 0.259 e. The minimum absolute atomic E-state index is 0.102. The minimum Gasteiger partial charge on any atom is -0.374 e. The Morgan fingerprint density at radius 1 is 1.50 bits per heavy atom. The second-order valence-corrected chi connectivity index (χ2v) is 3.61. The van der Waals surface area contributed by atoms with E-state index in [0.29, 0.717) is 5.82 Å². The van der Waals surface area contributed by atoms with E-state index in [0.717, 1.165) is 0 Å². The zero-order valence-corrected chi connectivity index (χ0v) is 9.85. The maximum Gasteiger partial charge on any atom is 0.259 e. The van der Waals surface area contributed by atoms with Crippen LogP contribution in [0.25, 0.3) is 11.5 Å². The van der Waals surface area contributed by atoms with E-state index >= 15 is 0 Å². The molecule has 2 rings (SSSR count). The van der Waals surface area contributed by atoms with E-state index < -0.39 is 5.82 Å². The largest absolute Gasteiger partial charge is 0.374 e. The van der Waals surface area contributed by atoms with Crippen molar-refractivity contribution < 1.29 is 13.7 Å². The van der Waals surface area contributed by atoms with Gasteiger partial charge in [-0.3, -0.25) is 0 Å². The van der Waals surface area contributed by atoms with Crippen molar-refractivity contribution >= 4 is 0 Å². The van der Waals surface area contributed by atoms with Gasteiger partial charge in [0.25, 0.3) is 5.89 Å². The summed E-state index contributed by atoms with van der Waals surface area (Å²) in [6.07, 6.45) is -0.332. The molecule has 0 N–H and O–H groups in total. The van der Waals surface area contributed by atoms with Crippen molar-refractivity contribution in [2.75, 3.05) is 7.11 Å². The number of methoxy groups -OCH3 is 1. The van der Waals surface area contributed by atoms with E-state index in [1.165, 1.54) is 19.2 Å². The van der Waals surface area contributed by atoms with Gasteiger partial charge in [0.15, 0.2) is 0 Å². The van der Waals surface area contributed by atoms with Crippen molar-refractivity contribution in [2.45, 2.75) is 13.0 Å². The van der Waals surface area contributed by atoms with Gasteiger partial charge in [-0.1, -0.05) is 11.2 Å². The molecule has 92 valence electrons. The Kier molecular flexibility index (Phi) is 3.35. The van der Waals surface area contributed by atoms with E-state index in [1.807, 2.05) is 0 Å². The van der Waals surface area contributed by atoms with Crippen molar-refractivity contribution in [3.63, 3.8) is 0 Å². The molecule has 1 unspecified atom stereocenters. The predicted molar refractivity (Wildman–Crippen MR) is 59.8 cm³/mol. The summed E-state index contributed by atoms with van der Waals surface area (Å²) in [4.78, 5) is 4.08. The fourth-order valence-corrected chi connectivity index (χ4v) is 1.43. The van der Waals surface area contributed by atoms with Gasteiger partial charge in [0, 0.05) is 7.11 Å². The zero-order valence-electron chi connectivity index (χ0n) is 9.85. The first-order valence-corrected chi connectivity index (χ1v) is 5.22. The highest BCUT2D eigenvalue weighted by Crippen LogP contribution is 2.25. The fourth-order valence-electron chi connectivity index (χ4n) is 1.43. The summed E-state index contributed by atoms with van der Waals surface area (Å²) in [7, 11) is 1.52. The summed E-state index contributed by atoms with van der Waals surface area (Å²) >= 11 is 0. The Morgan fingerprint density at radius 3 is 2.94 bits per heavy atom. The summed E-state index contributed by atoms with van der Waals surface area (Å²) in [5.41, 5.74) is 0.164. The van der Waals surface area contributed by atoms with Crippen LogP contribution in [-0.4, -0.2) is 17.3 Å². The molecule has 0 radical (unpaired) electrons. The van der Waals surface area contributed by atoms with E-state index in [4.69, 9.17) is 14.5 Å². The van der Waals surface area contributed by atoms with E-state index in [9.17, 15) is 4.39 Å². The molecule has 0 saturated heterocycles. The third-order valence-electron chi connectivity index (χ3n) is 2.51. The van der Waals surface area contributed by atoms with Crippen LogP contribution in [0.2, 0.25) is 0 Å². The molecule has 6 heteroatoms. The summed E-state index contributed by atoms with van der Waals surface area (Å²) in [5, 5.41) is 12.6. The molecule has 1 aromatic heterocycles. The lowest BCUT2D eigenvalue weighted by molar-refractivity contribution is 0.109. The van der Waals surface area contributed by atoms with E-state index in [-0.39, 0.29) is 23.1 Å². The quantitative estimate of drug-likeness (QED) is 0.833. The van der Waals surface area contributed by atoms with Gasteiger partial charge in [-0.05, 0) is 19.1 Å². The molecule has 1 aromatic carbocycles. The lowest BCUT2D eigenvalue weighted by Crippen LogP contribution is -1.98. The Balaban J connectivity index is 2.47. The van der Waals surface area contributed by atoms with Gasteiger partial charge in [-0.25, -0.2) is 4.39 Å². The third-order valence-corrected chi connectivity index (χ3v) is 2.51. The molecule has 0 fully saturated rings. The minimum atomic E-state index is -0.616. The average Bonchev–Trinajstić information content (AvgIpc) is 2.87. The second kappa shape index (κ2) is 4.94. The van der Waals surface area contributed by atoms with Gasteiger partial charge in [0.1, 0.15) is 23.6 Å². The van der Waals surface area contributed by atoms with Crippen LogP contribution >= 0.6 is 0 Å². The number of halogens is 1. The summed E-state index contributed by atoms with van der Waals surface area (Å²) in [5.74, 6) is -0.167. The topological polar surface area (TPSA) is 71.9 Å². The van der Waals surface area contributed by atoms with E-state index in [2.05, 4.69) is 10.1 Å². The molecular formula is C12H10FN3O2. The van der Waals surface area contributed by atoms with Gasteiger partial charge < -0.3 is 9.26 Å². The van der Waals surface area contributed by atoms with Crippen molar-refractivity contribution in [3.05, 3.63) is 35.4 Å². The standard InChI is InChI=1S/C12H10FN3O2/c1-7(17-2)11-15-12(18-16-11)8-4-3-5-10(13)9(8)6-14/h3-5,7H,1-2H3. The number of aromatic nitrogens is 2. The van der Waals surface area contributed by atoms with Gasteiger partial charge in [0.2, 0.25) is 5.82 Å². The maximum atomic E-state index is 13.4. The lowest BCUT2D eigenvalue weighted by Gasteiger charge is -2.01. The maximum absolute atomic E-state index is 13.4. The SMILES string of the molecule is COC(C)c1noc(-c2cccc(F)c2C#N)n1. The van der Waals surface area contributed by atoms with Gasteiger partial charge in [0.05, 0.1) is 5.56 Å². The van der Waals surface area contributed by atoms with Crippen LogP contribution in [0.3, 0.4) is 0 Å². The number of nitriles is 1. The number of ether oxygens (including phenoxy) is 1. The van der Waals surface area contributed by atoms with Crippen LogP contribution in [0, 0.1) is 17.1 Å². The monoisotopic (exact) mass is 247 g/mol. The Labute approximate surface area is 103 Å². The molecule has 0 amide bonds. The number of nitrogens with zero attached hydrogens (tertiary/aromatic N) is 3. The summed E-state index contributed by atoms with van der Waals surface area (Å²) < 4.78 is 23.5. The lowest BCUT2D eigenvalue weighted by atomic mass is 10.1. The summed E-state index contributed by atoms with van der Waals surface area (Å²) in [6, 6.07) is 6.02. The molecule has 0 aliphatic rings. The van der Waals surface area contributed by atoms with Gasteiger partial charge in [-0.2, -0.15) is 10.2 Å². The molecule has 18 heavy (non-hydrogen) atoms. The molecule has 0 aliphatic heterocycles. The molecule has 0 spiro atoms. The highest BCUT2D eigenvalue weighted by molar-refractivity contribution is 5.63. The Hall–Kier alpha value is -2.26. The van der Waals surface area contributed by atoms with E-state index in [1.54, 1.807) is 19.1 Å². The normalized spacial score (nSPS) is 12.1. The van der Waals surface area contributed by atoms with Crippen LogP contribution in [0.5, 0.6) is 0 Å². The van der Waals surface area contributed by atoms with Crippen molar-refractivity contribution in [2.24, 2.45) is 0 Å². The first-order chi connectivity index (χ1) is 8.67. The van der Waals surface area contributed by atoms with Crippen LogP contribution < -0.4 is 0 Å². The zero-order chi connectivity index (χ0) is 13.1. The van der Waals surface area contributed by atoms with Crippen LogP contribution in [0.4, 0.5) is 4.39 Å². The number of hydrogen-bond acceptors (Lipinski definition) is 5. The van der Waals surface area contributed by atoms with Crippen molar-refractivity contribution in [1.29, 1.82) is 5.26 Å². The highest BCUT2D eigenvalue weighted by atomic mass is 19.1. The predicted octanol–water partition coefficient (Wildman–Crippen LogP) is 2.45. The molecular weight excluding hydrogens is 237 g/mol. The first kappa shape index (κ1) is 12.2. The molecule has 0 saturated carbocycles. The highest BCUT2D eigenvalue weighted by Gasteiger charge is 2.18. The van der Waals surface area contributed by atoms with Gasteiger partial charge >= 0.3 is 0 Å². The summed E-state index contributed by atoms with van der Waals surface area (Å²) in [6.45, 7) is 1.76. The van der Waals surface area contributed by atoms with Crippen LogP contribution in [0.15, 0.2) is 22.7 Å². The number of benzene rings is 1. The van der Waals surface area contributed by atoms with Gasteiger partial charge in [-0.15, -0.1) is 0 Å². The number of hydrogen-bond donors (Lipinski definition) is 0. The molecule has 5 nitrogen and oxygen atoms in total. The van der Waals surface area contributed by atoms with Crippen LogP contribution in [-0.2, 0) is 4.74 Å². The Bertz CT molecular complexity index is 604. The Morgan fingerprint density at radius 2 is 2.28 bits per heavy atom. The number of rotatable bonds is 3. The molecule has 1 atom stereocenters. The molecule has 2 aromatic rings. The van der Waals surface area contributed by atoms with Crippen molar-refractivity contribution in [3.8, 4) is 17.5 Å². The average molecular weight is 247 g/mol. The van der Waals surface area contributed by atoms with Crippen molar-refractivity contribution in [1.82, 2.24) is 10.1 Å². The first-order valence-electron chi connectivity index (χ1n) is 5.22.